The van der Waals surface area contributed by atoms with Gasteiger partial charge in [0, 0.05) is 64.6 Å². The highest BCUT2D eigenvalue weighted by Crippen LogP contribution is 2.54. The highest BCUT2D eigenvalue weighted by Gasteiger charge is 2.30. The van der Waals surface area contributed by atoms with Gasteiger partial charge in [-0.3, -0.25) is 0 Å². The Kier molecular flexibility index (Phi) is 6.92. The lowest BCUT2D eigenvalue weighted by Crippen LogP contribution is -1.84. The summed E-state index contributed by atoms with van der Waals surface area (Å²) in [6.07, 6.45) is 0. The Labute approximate surface area is 398 Å². The van der Waals surface area contributed by atoms with E-state index in [0.717, 1.165) is 43.9 Å². The second kappa shape index (κ2) is 13.2. The molecule has 0 unspecified atom stereocenters. The molecule has 0 atom stereocenters. The fourth-order valence-corrected chi connectivity index (χ4v) is 12.7. The monoisotopic (exact) mass is 888 g/mol. The molecule has 0 radical (unpaired) electrons. The van der Waals surface area contributed by atoms with Crippen LogP contribution >= 0.6 is 0 Å². The third kappa shape index (κ3) is 4.65. The first-order valence-electron chi connectivity index (χ1n) is 24.1. The second-order valence-corrected chi connectivity index (χ2v) is 19.1. The summed E-state index contributed by atoms with van der Waals surface area (Å²) < 4.78 is 18.1. The lowest BCUT2D eigenvalue weighted by molar-refractivity contribution is 0.668. The second-order valence-electron chi connectivity index (χ2n) is 19.1. The maximum atomic E-state index is 6.45. The van der Waals surface area contributed by atoms with Gasteiger partial charge in [0.1, 0.15) is 22.3 Å². The molecular formula is C66H36N2O2. The van der Waals surface area contributed by atoms with Crippen molar-refractivity contribution in [3.8, 4) is 44.5 Å². The molecule has 0 aliphatic carbocycles. The van der Waals surface area contributed by atoms with E-state index in [1.165, 1.54) is 121 Å². The summed E-state index contributed by atoms with van der Waals surface area (Å²) in [5.74, 6) is 0. The molecule has 0 amide bonds. The van der Waals surface area contributed by atoms with Crippen molar-refractivity contribution < 1.29 is 8.83 Å². The molecule has 0 bridgehead atoms. The number of benzene rings is 11. The molecule has 322 valence electrons. The summed E-state index contributed by atoms with van der Waals surface area (Å²) in [7, 11) is 0. The molecule has 0 aliphatic heterocycles. The lowest BCUT2D eigenvalue weighted by atomic mass is 9.93. The topological polar surface area (TPSA) is 35.1 Å². The minimum Gasteiger partial charge on any atom is -0.456 e. The van der Waals surface area contributed by atoms with Gasteiger partial charge in [0.15, 0.2) is 0 Å². The molecule has 0 saturated heterocycles. The molecule has 0 spiro atoms. The summed E-state index contributed by atoms with van der Waals surface area (Å²) in [6.45, 7) is 0. The maximum absolute atomic E-state index is 6.45. The number of aromatic nitrogens is 2. The van der Waals surface area contributed by atoms with Gasteiger partial charge in [-0.15, -0.1) is 0 Å². The Balaban J connectivity index is 1.07. The van der Waals surface area contributed by atoms with Crippen LogP contribution in [0.3, 0.4) is 0 Å². The van der Waals surface area contributed by atoms with Crippen molar-refractivity contribution in [2.24, 2.45) is 0 Å². The van der Waals surface area contributed by atoms with Crippen LogP contribution in [0.2, 0.25) is 0 Å². The van der Waals surface area contributed by atoms with Crippen LogP contribution in [-0.2, 0) is 0 Å². The number of furan rings is 2. The summed E-state index contributed by atoms with van der Waals surface area (Å²) in [6, 6.07) is 79.9. The molecule has 4 nitrogen and oxygen atoms in total. The van der Waals surface area contributed by atoms with E-state index >= 15 is 0 Å². The van der Waals surface area contributed by atoms with Crippen LogP contribution in [0.1, 0.15) is 0 Å². The van der Waals surface area contributed by atoms with Crippen molar-refractivity contribution in [2.45, 2.75) is 0 Å². The van der Waals surface area contributed by atoms with E-state index < -0.39 is 0 Å². The molecule has 0 saturated carbocycles. The predicted molar refractivity (Wildman–Crippen MR) is 292 cm³/mol. The van der Waals surface area contributed by atoms with E-state index in [9.17, 15) is 0 Å². The standard InChI is InChI=1S/C66H36N2O2/c1-3-13-37(14-4-1)39-25-29-45-53(35-39)67-51-31-27-41(43-19-11-23-57-59(43)47-17-7-9-21-55(47)69-57)33-49(51)64-62-46-30-26-40(38-15-5-2-6-16-38)36-54(46)68-52-32-28-42(34-50(52)63(66(62)68)61(45)65(64)67)44-20-12-24-58-60(44)48-18-8-10-22-56(48)70-58/h1-36H. The van der Waals surface area contributed by atoms with Gasteiger partial charge in [0.2, 0.25) is 0 Å². The number of para-hydroxylation sites is 2. The van der Waals surface area contributed by atoms with Gasteiger partial charge >= 0.3 is 0 Å². The predicted octanol–water partition coefficient (Wildman–Crippen LogP) is 18.5. The summed E-state index contributed by atoms with van der Waals surface area (Å²) in [5.41, 5.74) is 20.4. The van der Waals surface area contributed by atoms with Crippen LogP contribution in [0.25, 0.3) is 165 Å². The minimum absolute atomic E-state index is 0.900. The number of rotatable bonds is 4. The van der Waals surface area contributed by atoms with Gasteiger partial charge in [-0.1, -0.05) is 158 Å². The van der Waals surface area contributed by atoms with Crippen molar-refractivity contribution in [3.05, 3.63) is 218 Å². The quantitative estimate of drug-likeness (QED) is 0.176. The van der Waals surface area contributed by atoms with Crippen molar-refractivity contribution >= 4 is 120 Å². The molecular weight excluding hydrogens is 853 g/mol. The van der Waals surface area contributed by atoms with Gasteiger partial charge in [-0.05, 0) is 105 Å². The van der Waals surface area contributed by atoms with E-state index in [1.54, 1.807) is 0 Å². The SMILES string of the molecule is c1ccc(-c2ccc3c4c5c6cc(-c7cccc8oc9ccccc9c78)ccc6n6c7cc(-c8ccccc8)ccc7c(c7c8cc(-c9cccc%10oc%11ccccc%11c9%10)ccc8n(c3c2)c74)c56)cc1. The molecule has 70 heavy (non-hydrogen) atoms. The largest absolute Gasteiger partial charge is 0.456 e. The van der Waals surface area contributed by atoms with E-state index in [1.807, 2.05) is 0 Å². The first kappa shape index (κ1) is 36.7. The van der Waals surface area contributed by atoms with Gasteiger partial charge in [0.05, 0.1) is 33.1 Å². The number of fused-ring (bicyclic) bond motifs is 20. The zero-order chi connectivity index (χ0) is 45.3. The van der Waals surface area contributed by atoms with Crippen molar-refractivity contribution in [1.82, 2.24) is 8.80 Å². The van der Waals surface area contributed by atoms with Crippen LogP contribution in [0.4, 0.5) is 0 Å². The number of nitrogens with zero attached hydrogens (tertiary/aromatic N) is 2. The van der Waals surface area contributed by atoms with Crippen molar-refractivity contribution in [3.63, 3.8) is 0 Å². The van der Waals surface area contributed by atoms with Gasteiger partial charge in [-0.25, -0.2) is 0 Å². The molecule has 6 heterocycles. The average molecular weight is 889 g/mol. The highest BCUT2D eigenvalue weighted by atomic mass is 16.3. The van der Waals surface area contributed by atoms with Gasteiger partial charge in [0.25, 0.3) is 0 Å². The first-order valence-corrected chi connectivity index (χ1v) is 24.1. The van der Waals surface area contributed by atoms with Gasteiger partial charge < -0.3 is 17.6 Å². The Morgan fingerprint density at radius 1 is 0.229 bits per heavy atom. The molecule has 0 aliphatic rings. The fourth-order valence-electron chi connectivity index (χ4n) is 12.7. The summed E-state index contributed by atoms with van der Waals surface area (Å²) in [4.78, 5) is 0. The normalized spacial score (nSPS) is 12.6. The Morgan fingerprint density at radius 3 is 1.10 bits per heavy atom. The van der Waals surface area contributed by atoms with Crippen molar-refractivity contribution in [2.75, 3.05) is 0 Å². The van der Waals surface area contributed by atoms with E-state index in [2.05, 4.69) is 227 Å². The Hall–Kier alpha value is -9.38. The zero-order valence-electron chi connectivity index (χ0n) is 37.5. The summed E-state index contributed by atoms with van der Waals surface area (Å²) in [5, 5.41) is 14.7. The molecule has 0 N–H and O–H groups in total. The van der Waals surface area contributed by atoms with E-state index in [0.29, 0.717) is 0 Å². The third-order valence-electron chi connectivity index (χ3n) is 15.6. The Bertz CT molecular complexity index is 4730. The highest BCUT2D eigenvalue weighted by molar-refractivity contribution is 6.45. The number of hydrogen-bond donors (Lipinski definition) is 0. The average Bonchev–Trinajstić information content (AvgIpc) is 4.27. The van der Waals surface area contributed by atoms with Crippen LogP contribution < -0.4 is 0 Å². The van der Waals surface area contributed by atoms with Crippen molar-refractivity contribution in [1.29, 1.82) is 0 Å². The maximum Gasteiger partial charge on any atom is 0.136 e. The van der Waals surface area contributed by atoms with Crippen LogP contribution in [0.15, 0.2) is 227 Å². The molecule has 17 aromatic rings. The molecule has 0 fully saturated rings. The molecule has 4 heteroatoms. The van der Waals surface area contributed by atoms with Crippen LogP contribution in [0.5, 0.6) is 0 Å². The lowest BCUT2D eigenvalue weighted by Gasteiger charge is -2.08. The first-order chi connectivity index (χ1) is 34.7. The van der Waals surface area contributed by atoms with E-state index in [4.69, 9.17) is 8.83 Å². The Morgan fingerprint density at radius 2 is 0.629 bits per heavy atom. The van der Waals surface area contributed by atoms with E-state index in [-0.39, 0.29) is 0 Å². The minimum atomic E-state index is 0.900. The molecule has 6 aromatic heterocycles. The number of hydrogen-bond acceptors (Lipinski definition) is 2. The smallest absolute Gasteiger partial charge is 0.136 e. The molecule has 17 rings (SSSR count). The fraction of sp³-hybridized carbons (Fsp3) is 0. The van der Waals surface area contributed by atoms with Crippen LogP contribution in [-0.4, -0.2) is 8.80 Å². The third-order valence-corrected chi connectivity index (χ3v) is 15.6. The summed E-state index contributed by atoms with van der Waals surface area (Å²) >= 11 is 0. The zero-order valence-corrected chi connectivity index (χ0v) is 37.5. The molecule has 11 aromatic carbocycles. The van der Waals surface area contributed by atoms with Crippen LogP contribution in [0, 0.1) is 0 Å². The van der Waals surface area contributed by atoms with Gasteiger partial charge in [-0.2, -0.15) is 0 Å².